The minimum atomic E-state index is -0.728. The molecule has 0 bridgehead atoms. The Labute approximate surface area is 189 Å². The molecule has 168 valence electrons. The van der Waals surface area contributed by atoms with Crippen molar-refractivity contribution in [2.75, 3.05) is 12.4 Å². The highest BCUT2D eigenvalue weighted by atomic mass is 16.5. The van der Waals surface area contributed by atoms with Crippen LogP contribution in [0.1, 0.15) is 11.1 Å². The molecule has 0 aliphatic carbocycles. The monoisotopic (exact) mass is 447 g/mol. The molecule has 0 unspecified atom stereocenters. The number of carbonyl (C=O) groups is 2. The molecule has 2 aromatic carbocycles. The maximum Gasteiger partial charge on any atom is 0.414 e. The van der Waals surface area contributed by atoms with E-state index in [1.54, 1.807) is 0 Å². The van der Waals surface area contributed by atoms with Crippen LogP contribution < -0.4 is 10.1 Å². The van der Waals surface area contributed by atoms with E-state index in [0.29, 0.717) is 11.2 Å². The van der Waals surface area contributed by atoms with Crippen LogP contribution in [0, 0.1) is 0 Å². The maximum atomic E-state index is 12.3. The molecule has 33 heavy (non-hydrogen) atoms. The molecule has 10 nitrogen and oxygen atoms in total. The van der Waals surface area contributed by atoms with E-state index in [4.69, 9.17) is 14.2 Å². The molecule has 0 aliphatic heterocycles. The zero-order valence-corrected chi connectivity index (χ0v) is 17.8. The third kappa shape index (κ3) is 5.62. The van der Waals surface area contributed by atoms with Gasteiger partial charge in [-0.3, -0.25) is 10.1 Å². The SMILES string of the molecule is COc1nc(NC(=O)OCc2ccccc2)nc2c1ncn2CC(=O)OCc1ccccc1. The van der Waals surface area contributed by atoms with Crippen molar-refractivity contribution in [3.05, 3.63) is 78.1 Å². The average molecular weight is 447 g/mol. The van der Waals surface area contributed by atoms with Crippen LogP contribution in [0.15, 0.2) is 67.0 Å². The number of imidazole rings is 1. The van der Waals surface area contributed by atoms with Crippen molar-refractivity contribution in [3.63, 3.8) is 0 Å². The van der Waals surface area contributed by atoms with Gasteiger partial charge < -0.3 is 18.8 Å². The topological polar surface area (TPSA) is 117 Å². The normalized spacial score (nSPS) is 10.6. The molecule has 0 saturated carbocycles. The van der Waals surface area contributed by atoms with E-state index >= 15 is 0 Å². The van der Waals surface area contributed by atoms with Gasteiger partial charge in [0.1, 0.15) is 19.8 Å². The molecule has 0 spiro atoms. The number of methoxy groups -OCH3 is 1. The number of carbonyl (C=O) groups excluding carboxylic acids is 2. The van der Waals surface area contributed by atoms with Crippen molar-refractivity contribution in [3.8, 4) is 5.88 Å². The summed E-state index contributed by atoms with van der Waals surface area (Å²) in [7, 11) is 1.42. The highest BCUT2D eigenvalue weighted by molar-refractivity contribution is 5.85. The molecule has 0 aliphatic rings. The van der Waals surface area contributed by atoms with Crippen molar-refractivity contribution >= 4 is 29.2 Å². The molecule has 0 fully saturated rings. The predicted molar refractivity (Wildman–Crippen MR) is 118 cm³/mol. The molecule has 0 saturated heterocycles. The first-order valence-electron chi connectivity index (χ1n) is 10.1. The number of amides is 1. The van der Waals surface area contributed by atoms with Gasteiger partial charge >= 0.3 is 12.1 Å². The van der Waals surface area contributed by atoms with Gasteiger partial charge in [0.2, 0.25) is 11.8 Å². The summed E-state index contributed by atoms with van der Waals surface area (Å²) < 4.78 is 17.3. The first kappa shape index (κ1) is 21.8. The number of nitrogens with one attached hydrogen (secondary N) is 1. The Morgan fingerprint density at radius 2 is 1.55 bits per heavy atom. The van der Waals surface area contributed by atoms with Crippen LogP contribution in [0.5, 0.6) is 5.88 Å². The second-order valence-corrected chi connectivity index (χ2v) is 6.93. The van der Waals surface area contributed by atoms with Crippen molar-refractivity contribution in [1.29, 1.82) is 0 Å². The molecule has 10 heteroatoms. The fourth-order valence-electron chi connectivity index (χ4n) is 3.01. The third-order valence-corrected chi connectivity index (χ3v) is 4.59. The van der Waals surface area contributed by atoms with Crippen LogP contribution in [0.25, 0.3) is 11.2 Å². The summed E-state index contributed by atoms with van der Waals surface area (Å²) in [5.74, 6) is -0.362. The van der Waals surface area contributed by atoms with E-state index < -0.39 is 12.1 Å². The van der Waals surface area contributed by atoms with Crippen molar-refractivity contribution in [2.45, 2.75) is 19.8 Å². The summed E-state index contributed by atoms with van der Waals surface area (Å²) in [5.41, 5.74) is 2.37. The molecule has 4 aromatic rings. The number of hydrogen-bond donors (Lipinski definition) is 1. The van der Waals surface area contributed by atoms with Crippen molar-refractivity contribution in [2.24, 2.45) is 0 Å². The van der Waals surface area contributed by atoms with E-state index in [-0.39, 0.29) is 31.6 Å². The molecule has 1 N–H and O–H groups in total. The lowest BCUT2D eigenvalue weighted by Crippen LogP contribution is -2.17. The number of anilines is 1. The number of benzene rings is 2. The van der Waals surface area contributed by atoms with E-state index in [9.17, 15) is 9.59 Å². The third-order valence-electron chi connectivity index (χ3n) is 4.59. The Morgan fingerprint density at radius 3 is 2.18 bits per heavy atom. The second kappa shape index (κ2) is 10.2. The molecule has 4 rings (SSSR count). The van der Waals surface area contributed by atoms with Gasteiger partial charge in [-0.2, -0.15) is 9.97 Å². The summed E-state index contributed by atoms with van der Waals surface area (Å²) in [6, 6.07) is 18.6. The number of rotatable bonds is 8. The van der Waals surface area contributed by atoms with Gasteiger partial charge in [0, 0.05) is 0 Å². The summed E-state index contributed by atoms with van der Waals surface area (Å²) in [5, 5.41) is 2.48. The summed E-state index contributed by atoms with van der Waals surface area (Å²) >= 11 is 0. The van der Waals surface area contributed by atoms with E-state index in [2.05, 4.69) is 20.3 Å². The minimum Gasteiger partial charge on any atom is -0.479 e. The van der Waals surface area contributed by atoms with Crippen LogP contribution in [0.2, 0.25) is 0 Å². The van der Waals surface area contributed by atoms with E-state index in [1.165, 1.54) is 18.0 Å². The van der Waals surface area contributed by atoms with Gasteiger partial charge in [-0.25, -0.2) is 9.78 Å². The minimum absolute atomic E-state index is 0.0446. The lowest BCUT2D eigenvalue weighted by Gasteiger charge is -2.09. The molecule has 0 radical (unpaired) electrons. The van der Waals surface area contributed by atoms with Crippen LogP contribution in [0.3, 0.4) is 0 Å². The highest BCUT2D eigenvalue weighted by Gasteiger charge is 2.17. The summed E-state index contributed by atoms with van der Waals surface area (Å²) in [6.45, 7) is 0.128. The van der Waals surface area contributed by atoms with Crippen molar-refractivity contribution < 1.29 is 23.8 Å². The van der Waals surface area contributed by atoms with Gasteiger partial charge in [0.25, 0.3) is 0 Å². The Bertz CT molecular complexity index is 1240. The Kier molecular flexibility index (Phi) is 6.74. The molecular weight excluding hydrogens is 426 g/mol. The quantitative estimate of drug-likeness (QED) is 0.409. The average Bonchev–Trinajstić information content (AvgIpc) is 3.24. The van der Waals surface area contributed by atoms with Crippen LogP contribution in [0.4, 0.5) is 10.7 Å². The Morgan fingerprint density at radius 1 is 0.909 bits per heavy atom. The molecular formula is C23H21N5O5. The fraction of sp³-hybridized carbons (Fsp3) is 0.174. The number of fused-ring (bicyclic) bond motifs is 1. The first-order valence-corrected chi connectivity index (χ1v) is 10.1. The molecule has 2 heterocycles. The van der Waals surface area contributed by atoms with Crippen LogP contribution >= 0.6 is 0 Å². The Hall–Kier alpha value is -4.47. The zero-order valence-electron chi connectivity index (χ0n) is 17.8. The molecule has 2 aromatic heterocycles. The smallest absolute Gasteiger partial charge is 0.414 e. The lowest BCUT2D eigenvalue weighted by atomic mass is 10.2. The molecule has 0 atom stereocenters. The zero-order chi connectivity index (χ0) is 23.0. The first-order chi connectivity index (χ1) is 16.1. The number of esters is 1. The Balaban J connectivity index is 1.44. The number of nitrogens with zero attached hydrogens (tertiary/aromatic N) is 4. The van der Waals surface area contributed by atoms with Crippen molar-refractivity contribution in [1.82, 2.24) is 19.5 Å². The maximum absolute atomic E-state index is 12.3. The second-order valence-electron chi connectivity index (χ2n) is 6.93. The highest BCUT2D eigenvalue weighted by Crippen LogP contribution is 2.22. The van der Waals surface area contributed by atoms with E-state index in [0.717, 1.165) is 11.1 Å². The van der Waals surface area contributed by atoms with Gasteiger partial charge in [-0.15, -0.1) is 0 Å². The van der Waals surface area contributed by atoms with E-state index in [1.807, 2.05) is 60.7 Å². The van der Waals surface area contributed by atoms with Crippen LogP contribution in [-0.2, 0) is 34.0 Å². The van der Waals surface area contributed by atoms with Gasteiger partial charge in [0.15, 0.2) is 11.2 Å². The number of ether oxygens (including phenoxy) is 3. The van der Waals surface area contributed by atoms with Crippen LogP contribution in [-0.4, -0.2) is 38.7 Å². The summed E-state index contributed by atoms with van der Waals surface area (Å²) in [4.78, 5) is 37.2. The van der Waals surface area contributed by atoms with Gasteiger partial charge in [0.05, 0.1) is 13.4 Å². The standard InChI is InChI=1S/C23H21N5O5/c1-31-21-19-20(25-22(26-21)27-23(30)33-14-17-10-6-3-7-11-17)28(15-24-19)12-18(29)32-13-16-8-4-2-5-9-16/h2-11,15H,12-14H2,1H3,(H,25,26,27,30). The number of aromatic nitrogens is 4. The lowest BCUT2D eigenvalue weighted by molar-refractivity contribution is -0.145. The number of hydrogen-bond acceptors (Lipinski definition) is 8. The fourth-order valence-corrected chi connectivity index (χ4v) is 3.01. The largest absolute Gasteiger partial charge is 0.479 e. The van der Waals surface area contributed by atoms with Gasteiger partial charge in [-0.05, 0) is 11.1 Å². The van der Waals surface area contributed by atoms with Gasteiger partial charge in [-0.1, -0.05) is 60.7 Å². The predicted octanol–water partition coefficient (Wildman–Crippen LogP) is 3.33. The summed E-state index contributed by atoms with van der Waals surface area (Å²) in [6.07, 6.45) is 0.706. The molecule has 1 amide bonds.